The molecule has 0 aliphatic rings. The molecular formula is C12H12ClN3. The number of benzene rings is 1. The number of anilines is 1. The molecule has 0 saturated carbocycles. The maximum atomic E-state index is 5.92. The van der Waals surface area contributed by atoms with Gasteiger partial charge in [0.1, 0.15) is 5.82 Å². The summed E-state index contributed by atoms with van der Waals surface area (Å²) >= 11 is 5.92. The van der Waals surface area contributed by atoms with E-state index in [9.17, 15) is 0 Å². The Balaban J connectivity index is 2.51. The minimum absolute atomic E-state index is 0.488. The number of nitrogen functional groups attached to an aromatic ring is 1. The topological polar surface area (TPSA) is 51.8 Å². The van der Waals surface area contributed by atoms with Crippen LogP contribution >= 0.6 is 11.6 Å². The van der Waals surface area contributed by atoms with Crippen molar-refractivity contribution in [1.29, 1.82) is 0 Å². The first-order valence-corrected chi connectivity index (χ1v) is 5.46. The van der Waals surface area contributed by atoms with Crippen molar-refractivity contribution >= 4 is 17.4 Å². The summed E-state index contributed by atoms with van der Waals surface area (Å²) in [6.45, 7) is 2.03. The maximum Gasteiger partial charge on any atom is 0.161 e. The lowest BCUT2D eigenvalue weighted by atomic mass is 10.2. The molecule has 1 aromatic heterocycles. The quantitative estimate of drug-likeness (QED) is 0.868. The van der Waals surface area contributed by atoms with E-state index in [1.165, 1.54) is 0 Å². The molecule has 1 aromatic carbocycles. The predicted octanol–water partition coefficient (Wildman–Crippen LogP) is 2.94. The summed E-state index contributed by atoms with van der Waals surface area (Å²) < 4.78 is 0. The van der Waals surface area contributed by atoms with E-state index in [1.54, 1.807) is 6.07 Å². The van der Waals surface area contributed by atoms with Gasteiger partial charge in [0.25, 0.3) is 0 Å². The smallest absolute Gasteiger partial charge is 0.161 e. The lowest BCUT2D eigenvalue weighted by Crippen LogP contribution is -1.99. The van der Waals surface area contributed by atoms with E-state index in [-0.39, 0.29) is 0 Å². The minimum atomic E-state index is 0.488. The summed E-state index contributed by atoms with van der Waals surface area (Å²) in [5, 5.41) is 0.668. The normalized spacial score (nSPS) is 10.4. The highest BCUT2D eigenvalue weighted by atomic mass is 35.5. The molecule has 0 unspecified atom stereocenters. The van der Waals surface area contributed by atoms with Gasteiger partial charge in [-0.05, 0) is 18.6 Å². The van der Waals surface area contributed by atoms with Crippen molar-refractivity contribution in [2.45, 2.75) is 13.3 Å². The molecule has 0 spiro atoms. The molecule has 0 aliphatic carbocycles. The summed E-state index contributed by atoms with van der Waals surface area (Å²) in [7, 11) is 0. The van der Waals surface area contributed by atoms with E-state index in [1.807, 2.05) is 31.2 Å². The second kappa shape index (κ2) is 4.49. The van der Waals surface area contributed by atoms with E-state index in [0.29, 0.717) is 16.7 Å². The third-order valence-electron chi connectivity index (χ3n) is 2.24. The Bertz CT molecular complexity index is 511. The van der Waals surface area contributed by atoms with E-state index < -0.39 is 0 Å². The molecule has 4 heteroatoms. The van der Waals surface area contributed by atoms with Gasteiger partial charge < -0.3 is 5.73 Å². The van der Waals surface area contributed by atoms with Crippen molar-refractivity contribution in [3.63, 3.8) is 0 Å². The highest BCUT2D eigenvalue weighted by molar-refractivity contribution is 6.30. The maximum absolute atomic E-state index is 5.92. The van der Waals surface area contributed by atoms with Crippen molar-refractivity contribution in [1.82, 2.24) is 9.97 Å². The molecule has 16 heavy (non-hydrogen) atoms. The lowest BCUT2D eigenvalue weighted by Gasteiger charge is -2.04. The highest BCUT2D eigenvalue weighted by Gasteiger charge is 2.04. The largest absolute Gasteiger partial charge is 0.384 e. The van der Waals surface area contributed by atoms with E-state index >= 15 is 0 Å². The molecule has 2 rings (SSSR count). The van der Waals surface area contributed by atoms with Gasteiger partial charge in [-0.3, -0.25) is 0 Å². The zero-order valence-electron chi connectivity index (χ0n) is 8.94. The van der Waals surface area contributed by atoms with Gasteiger partial charge in [0, 0.05) is 22.3 Å². The van der Waals surface area contributed by atoms with Crippen LogP contribution in [0.1, 0.15) is 12.6 Å². The average Bonchev–Trinajstić information content (AvgIpc) is 2.28. The van der Waals surface area contributed by atoms with E-state index in [0.717, 1.165) is 17.7 Å². The van der Waals surface area contributed by atoms with Crippen LogP contribution in [0.2, 0.25) is 5.02 Å². The summed E-state index contributed by atoms with van der Waals surface area (Å²) in [6, 6.07) is 9.22. The molecule has 0 saturated heterocycles. The highest BCUT2D eigenvalue weighted by Crippen LogP contribution is 2.20. The van der Waals surface area contributed by atoms with Crippen LogP contribution in [0.4, 0.5) is 5.82 Å². The van der Waals surface area contributed by atoms with Gasteiger partial charge in [0.2, 0.25) is 0 Å². The SMILES string of the molecule is CCc1cc(N)nc(-c2cccc(Cl)c2)n1. The molecule has 1 heterocycles. The standard InChI is InChI=1S/C12H12ClN3/c1-2-10-7-11(14)16-12(15-10)8-4-3-5-9(13)6-8/h3-7H,2H2,1H3,(H2,14,15,16). The molecule has 0 fully saturated rings. The van der Waals surface area contributed by atoms with Crippen LogP contribution in [0.3, 0.4) is 0 Å². The van der Waals surface area contributed by atoms with Crippen molar-refractivity contribution in [2.75, 3.05) is 5.73 Å². The molecule has 0 amide bonds. The monoisotopic (exact) mass is 233 g/mol. The van der Waals surface area contributed by atoms with Gasteiger partial charge in [-0.25, -0.2) is 9.97 Å². The number of rotatable bonds is 2. The average molecular weight is 234 g/mol. The molecule has 2 aromatic rings. The Morgan fingerprint density at radius 3 is 2.75 bits per heavy atom. The van der Waals surface area contributed by atoms with Crippen LogP contribution in [0, 0.1) is 0 Å². The molecule has 3 nitrogen and oxygen atoms in total. The Morgan fingerprint density at radius 1 is 1.25 bits per heavy atom. The van der Waals surface area contributed by atoms with Crippen LogP contribution in [0.15, 0.2) is 30.3 Å². The number of nitrogens with two attached hydrogens (primary N) is 1. The Kier molecular flexibility index (Phi) is 3.06. The third kappa shape index (κ3) is 2.31. The molecule has 82 valence electrons. The van der Waals surface area contributed by atoms with Gasteiger partial charge in [0.15, 0.2) is 5.82 Å². The van der Waals surface area contributed by atoms with Crippen LogP contribution in [0.5, 0.6) is 0 Å². The second-order valence-corrected chi connectivity index (χ2v) is 3.91. The Morgan fingerprint density at radius 2 is 2.06 bits per heavy atom. The fourth-order valence-corrected chi connectivity index (χ4v) is 1.65. The van der Waals surface area contributed by atoms with E-state index in [2.05, 4.69) is 9.97 Å². The molecule has 2 N–H and O–H groups in total. The zero-order chi connectivity index (χ0) is 11.5. The van der Waals surface area contributed by atoms with Crippen molar-refractivity contribution < 1.29 is 0 Å². The lowest BCUT2D eigenvalue weighted by molar-refractivity contribution is 1.01. The van der Waals surface area contributed by atoms with Gasteiger partial charge in [-0.1, -0.05) is 30.7 Å². The second-order valence-electron chi connectivity index (χ2n) is 3.47. The molecule has 0 aliphatic heterocycles. The third-order valence-corrected chi connectivity index (χ3v) is 2.48. The molecular weight excluding hydrogens is 222 g/mol. The molecule has 0 bridgehead atoms. The van der Waals surface area contributed by atoms with Crippen LogP contribution in [0.25, 0.3) is 11.4 Å². The van der Waals surface area contributed by atoms with Crippen molar-refractivity contribution in [2.24, 2.45) is 0 Å². The number of aryl methyl sites for hydroxylation is 1. The molecule has 0 atom stereocenters. The van der Waals surface area contributed by atoms with Crippen molar-refractivity contribution in [3.05, 3.63) is 41.0 Å². The van der Waals surface area contributed by atoms with Gasteiger partial charge in [-0.15, -0.1) is 0 Å². The van der Waals surface area contributed by atoms with Crippen LogP contribution in [-0.4, -0.2) is 9.97 Å². The number of hydrogen-bond donors (Lipinski definition) is 1. The van der Waals surface area contributed by atoms with Crippen LogP contribution in [-0.2, 0) is 6.42 Å². The summed E-state index contributed by atoms with van der Waals surface area (Å²) in [5.74, 6) is 1.11. The fourth-order valence-electron chi connectivity index (χ4n) is 1.46. The van der Waals surface area contributed by atoms with Gasteiger partial charge in [0.05, 0.1) is 0 Å². The summed E-state index contributed by atoms with van der Waals surface area (Å²) in [6.07, 6.45) is 0.834. The van der Waals surface area contributed by atoms with Crippen LogP contribution < -0.4 is 5.73 Å². The number of halogens is 1. The number of aromatic nitrogens is 2. The number of hydrogen-bond acceptors (Lipinski definition) is 3. The van der Waals surface area contributed by atoms with Gasteiger partial charge >= 0.3 is 0 Å². The zero-order valence-corrected chi connectivity index (χ0v) is 9.70. The van der Waals surface area contributed by atoms with Gasteiger partial charge in [-0.2, -0.15) is 0 Å². The minimum Gasteiger partial charge on any atom is -0.384 e. The first kappa shape index (κ1) is 10.9. The first-order valence-electron chi connectivity index (χ1n) is 5.08. The fraction of sp³-hybridized carbons (Fsp3) is 0.167. The predicted molar refractivity (Wildman–Crippen MR) is 66.3 cm³/mol. The Hall–Kier alpha value is -1.61. The first-order chi connectivity index (χ1) is 7.69. The van der Waals surface area contributed by atoms with Crippen molar-refractivity contribution in [3.8, 4) is 11.4 Å². The summed E-state index contributed by atoms with van der Waals surface area (Å²) in [5.41, 5.74) is 7.54. The summed E-state index contributed by atoms with van der Waals surface area (Å²) in [4.78, 5) is 8.61. The number of nitrogens with zero attached hydrogens (tertiary/aromatic N) is 2. The Labute approximate surface area is 99.3 Å². The molecule has 0 radical (unpaired) electrons. The van der Waals surface area contributed by atoms with E-state index in [4.69, 9.17) is 17.3 Å².